The average molecular weight is 286 g/mol. The Morgan fingerprint density at radius 3 is 2.14 bits per heavy atom. The number of carbonyl (C=O) groups excluding carboxylic acids is 1. The molecule has 0 saturated heterocycles. The third kappa shape index (κ3) is 4.53. The quantitative estimate of drug-likeness (QED) is 0.604. The van der Waals surface area contributed by atoms with Crippen LogP contribution in [-0.4, -0.2) is 26.3 Å². The zero-order chi connectivity index (χ0) is 15.1. The number of benzene rings is 2. The Balaban J connectivity index is 1.73. The molecule has 0 aliphatic heterocycles. The molecular formula is C17H18O4. The van der Waals surface area contributed by atoms with Gasteiger partial charge in [0.25, 0.3) is 0 Å². The standard InChI is InChI=1S/C17H18O4/c1-13-3-5-14(6-4-13)17(18)21-12-11-20-16-9-7-15(19-2)8-10-16/h3-10H,11-12H2,1-2H3. The van der Waals surface area contributed by atoms with Gasteiger partial charge >= 0.3 is 5.97 Å². The molecule has 4 nitrogen and oxygen atoms in total. The monoisotopic (exact) mass is 286 g/mol. The summed E-state index contributed by atoms with van der Waals surface area (Å²) < 4.78 is 15.7. The molecule has 0 bridgehead atoms. The number of hydrogen-bond acceptors (Lipinski definition) is 4. The van der Waals surface area contributed by atoms with Gasteiger partial charge in [-0.1, -0.05) is 17.7 Å². The first-order valence-corrected chi connectivity index (χ1v) is 6.69. The first-order chi connectivity index (χ1) is 10.2. The van der Waals surface area contributed by atoms with Crippen molar-refractivity contribution in [3.63, 3.8) is 0 Å². The lowest BCUT2D eigenvalue weighted by atomic mass is 10.1. The van der Waals surface area contributed by atoms with E-state index in [1.165, 1.54) is 0 Å². The van der Waals surface area contributed by atoms with Gasteiger partial charge in [-0.2, -0.15) is 0 Å². The smallest absolute Gasteiger partial charge is 0.338 e. The van der Waals surface area contributed by atoms with Crippen molar-refractivity contribution in [2.24, 2.45) is 0 Å². The summed E-state index contributed by atoms with van der Waals surface area (Å²) in [6, 6.07) is 14.5. The van der Waals surface area contributed by atoms with Gasteiger partial charge in [0.2, 0.25) is 0 Å². The number of rotatable bonds is 6. The second-order valence-corrected chi connectivity index (χ2v) is 4.53. The summed E-state index contributed by atoms with van der Waals surface area (Å²) in [5, 5.41) is 0. The molecule has 0 amide bonds. The second kappa shape index (κ2) is 7.33. The second-order valence-electron chi connectivity index (χ2n) is 4.53. The summed E-state index contributed by atoms with van der Waals surface area (Å²) in [5.41, 5.74) is 1.65. The highest BCUT2D eigenvalue weighted by Crippen LogP contribution is 2.16. The average Bonchev–Trinajstić information content (AvgIpc) is 2.52. The third-order valence-electron chi connectivity index (χ3n) is 2.93. The molecule has 21 heavy (non-hydrogen) atoms. The molecule has 2 aromatic rings. The molecule has 2 rings (SSSR count). The van der Waals surface area contributed by atoms with E-state index in [1.807, 2.05) is 31.2 Å². The van der Waals surface area contributed by atoms with E-state index < -0.39 is 0 Å². The summed E-state index contributed by atoms with van der Waals surface area (Å²) in [6.45, 7) is 2.49. The first-order valence-electron chi connectivity index (χ1n) is 6.69. The number of esters is 1. The number of hydrogen-bond donors (Lipinski definition) is 0. The molecule has 0 saturated carbocycles. The molecule has 0 unspecified atom stereocenters. The zero-order valence-electron chi connectivity index (χ0n) is 12.2. The minimum absolute atomic E-state index is 0.207. The fourth-order valence-corrected chi connectivity index (χ4v) is 1.74. The van der Waals surface area contributed by atoms with Gasteiger partial charge in [0.1, 0.15) is 24.7 Å². The van der Waals surface area contributed by atoms with Crippen LogP contribution in [0.5, 0.6) is 11.5 Å². The normalized spacial score (nSPS) is 10.0. The van der Waals surface area contributed by atoms with Crippen molar-refractivity contribution in [1.29, 1.82) is 0 Å². The Hall–Kier alpha value is -2.49. The van der Waals surface area contributed by atoms with Gasteiger partial charge in [-0.15, -0.1) is 0 Å². The summed E-state index contributed by atoms with van der Waals surface area (Å²) >= 11 is 0. The van der Waals surface area contributed by atoms with E-state index in [1.54, 1.807) is 31.4 Å². The molecule has 0 aliphatic carbocycles. The van der Waals surface area contributed by atoms with Gasteiger partial charge in [0.05, 0.1) is 12.7 Å². The highest BCUT2D eigenvalue weighted by Gasteiger charge is 2.06. The van der Waals surface area contributed by atoms with E-state index in [0.29, 0.717) is 17.9 Å². The molecule has 0 spiro atoms. The molecule has 0 radical (unpaired) electrons. The van der Waals surface area contributed by atoms with E-state index in [0.717, 1.165) is 11.3 Å². The molecule has 2 aromatic carbocycles. The van der Waals surface area contributed by atoms with Crippen molar-refractivity contribution in [3.05, 3.63) is 59.7 Å². The van der Waals surface area contributed by atoms with E-state index in [2.05, 4.69) is 0 Å². The topological polar surface area (TPSA) is 44.8 Å². The van der Waals surface area contributed by atoms with Gasteiger partial charge in [0.15, 0.2) is 0 Å². The van der Waals surface area contributed by atoms with Crippen molar-refractivity contribution >= 4 is 5.97 Å². The van der Waals surface area contributed by atoms with Crippen molar-refractivity contribution in [2.75, 3.05) is 20.3 Å². The number of methoxy groups -OCH3 is 1. The van der Waals surface area contributed by atoms with Crippen molar-refractivity contribution in [1.82, 2.24) is 0 Å². The van der Waals surface area contributed by atoms with Crippen LogP contribution in [0.4, 0.5) is 0 Å². The maximum atomic E-state index is 11.8. The van der Waals surface area contributed by atoms with Crippen LogP contribution < -0.4 is 9.47 Å². The Kier molecular flexibility index (Phi) is 5.21. The largest absolute Gasteiger partial charge is 0.497 e. The van der Waals surface area contributed by atoms with Crippen molar-refractivity contribution in [3.8, 4) is 11.5 Å². The summed E-state index contributed by atoms with van der Waals surface area (Å²) in [6.07, 6.45) is 0. The zero-order valence-corrected chi connectivity index (χ0v) is 12.2. The highest BCUT2D eigenvalue weighted by atomic mass is 16.6. The van der Waals surface area contributed by atoms with Crippen molar-refractivity contribution in [2.45, 2.75) is 6.92 Å². The Morgan fingerprint density at radius 1 is 0.905 bits per heavy atom. The lowest BCUT2D eigenvalue weighted by Crippen LogP contribution is -2.12. The molecule has 110 valence electrons. The Morgan fingerprint density at radius 2 is 1.52 bits per heavy atom. The van der Waals surface area contributed by atoms with Gasteiger partial charge in [-0.25, -0.2) is 4.79 Å². The fourth-order valence-electron chi connectivity index (χ4n) is 1.74. The summed E-state index contributed by atoms with van der Waals surface area (Å²) in [5.74, 6) is 1.14. The van der Waals surface area contributed by atoms with Crippen LogP contribution in [0.15, 0.2) is 48.5 Å². The van der Waals surface area contributed by atoms with Crippen molar-refractivity contribution < 1.29 is 19.0 Å². The van der Waals surface area contributed by atoms with Crippen LogP contribution in [-0.2, 0) is 4.74 Å². The first kappa shape index (κ1) is 14.9. The summed E-state index contributed by atoms with van der Waals surface area (Å²) in [7, 11) is 1.61. The lowest BCUT2D eigenvalue weighted by molar-refractivity contribution is 0.0450. The van der Waals surface area contributed by atoms with Crippen LogP contribution in [0.1, 0.15) is 15.9 Å². The highest BCUT2D eigenvalue weighted by molar-refractivity contribution is 5.89. The summed E-state index contributed by atoms with van der Waals surface area (Å²) in [4.78, 5) is 11.8. The SMILES string of the molecule is COc1ccc(OCCOC(=O)c2ccc(C)cc2)cc1. The molecular weight excluding hydrogens is 268 g/mol. The van der Waals surface area contributed by atoms with Crippen LogP contribution in [0.3, 0.4) is 0 Å². The minimum atomic E-state index is -0.340. The van der Waals surface area contributed by atoms with Crippen LogP contribution >= 0.6 is 0 Å². The van der Waals surface area contributed by atoms with Gasteiger partial charge < -0.3 is 14.2 Å². The maximum Gasteiger partial charge on any atom is 0.338 e. The van der Waals surface area contributed by atoms with Gasteiger partial charge in [-0.05, 0) is 43.3 Å². The molecule has 0 aliphatic rings. The molecule has 0 aromatic heterocycles. The predicted molar refractivity (Wildman–Crippen MR) is 80.0 cm³/mol. The van der Waals surface area contributed by atoms with E-state index in [9.17, 15) is 4.79 Å². The lowest BCUT2D eigenvalue weighted by Gasteiger charge is -2.08. The van der Waals surface area contributed by atoms with Crippen LogP contribution in [0, 0.1) is 6.92 Å². The van der Waals surface area contributed by atoms with Crippen LogP contribution in [0.25, 0.3) is 0 Å². The molecule has 4 heteroatoms. The maximum absolute atomic E-state index is 11.8. The fraction of sp³-hybridized carbons (Fsp3) is 0.235. The number of ether oxygens (including phenoxy) is 3. The molecule has 0 heterocycles. The third-order valence-corrected chi connectivity index (χ3v) is 2.93. The Bertz CT molecular complexity index is 573. The van der Waals surface area contributed by atoms with Gasteiger partial charge in [-0.3, -0.25) is 0 Å². The van der Waals surface area contributed by atoms with Gasteiger partial charge in [0, 0.05) is 0 Å². The Labute approximate surface area is 124 Å². The van der Waals surface area contributed by atoms with E-state index in [-0.39, 0.29) is 12.6 Å². The molecule has 0 atom stereocenters. The molecule has 0 N–H and O–H groups in total. The van der Waals surface area contributed by atoms with E-state index >= 15 is 0 Å². The van der Waals surface area contributed by atoms with E-state index in [4.69, 9.17) is 14.2 Å². The minimum Gasteiger partial charge on any atom is -0.497 e. The van der Waals surface area contributed by atoms with Crippen LogP contribution in [0.2, 0.25) is 0 Å². The predicted octanol–water partition coefficient (Wildman–Crippen LogP) is 3.24. The number of aryl methyl sites for hydroxylation is 1. The molecule has 0 fully saturated rings. The number of carbonyl (C=O) groups is 1.